The van der Waals surface area contributed by atoms with Crippen LogP contribution >= 0.6 is 0 Å². The summed E-state index contributed by atoms with van der Waals surface area (Å²) in [6, 6.07) is 10.8. The molecule has 2 rings (SSSR count). The van der Waals surface area contributed by atoms with Gasteiger partial charge in [-0.2, -0.15) is 0 Å². The van der Waals surface area contributed by atoms with E-state index in [1.54, 1.807) is 0 Å². The molecule has 0 amide bonds. The van der Waals surface area contributed by atoms with Gasteiger partial charge in [-0.1, -0.05) is 13.0 Å². The van der Waals surface area contributed by atoms with Crippen LogP contribution < -0.4 is 10.2 Å². The summed E-state index contributed by atoms with van der Waals surface area (Å²) in [5, 5.41) is 3.39. The molecule has 1 aromatic carbocycles. The van der Waals surface area contributed by atoms with E-state index >= 15 is 0 Å². The average Bonchev–Trinajstić information content (AvgIpc) is 2.46. The second-order valence-corrected chi connectivity index (χ2v) is 5.59. The molecule has 0 bridgehead atoms. The van der Waals surface area contributed by atoms with E-state index in [1.807, 2.05) is 6.20 Å². The Balaban J connectivity index is 2.18. The molecule has 112 valence electrons. The van der Waals surface area contributed by atoms with Crippen LogP contribution in [0.3, 0.4) is 0 Å². The fourth-order valence-corrected chi connectivity index (χ4v) is 2.46. The highest BCUT2D eigenvalue weighted by atomic mass is 15.1. The van der Waals surface area contributed by atoms with Crippen molar-refractivity contribution in [3.8, 4) is 0 Å². The van der Waals surface area contributed by atoms with Gasteiger partial charge < -0.3 is 10.2 Å². The zero-order valence-electron chi connectivity index (χ0n) is 13.5. The maximum atomic E-state index is 4.43. The van der Waals surface area contributed by atoms with Crippen molar-refractivity contribution in [1.82, 2.24) is 10.3 Å². The van der Waals surface area contributed by atoms with Crippen LogP contribution in [-0.4, -0.2) is 18.6 Å². The van der Waals surface area contributed by atoms with Crippen LogP contribution in [0, 0.1) is 13.8 Å². The van der Waals surface area contributed by atoms with Crippen LogP contribution in [0.1, 0.15) is 30.2 Å². The highest BCUT2D eigenvalue weighted by molar-refractivity contribution is 5.63. The third-order valence-corrected chi connectivity index (χ3v) is 3.51. The van der Waals surface area contributed by atoms with Gasteiger partial charge in [0, 0.05) is 31.2 Å². The summed E-state index contributed by atoms with van der Waals surface area (Å²) in [5.74, 6) is 0. The molecule has 0 atom stereocenters. The summed E-state index contributed by atoms with van der Waals surface area (Å²) in [6.07, 6.45) is 3.03. The minimum Gasteiger partial charge on any atom is -0.345 e. The standard InChI is InChI=1S/C18H25N3/c1-5-7-19-13-16-12-17(6-8-20-16)21(4)18-10-14(2)9-15(3)11-18/h6,8-12,19H,5,7,13H2,1-4H3. The van der Waals surface area contributed by atoms with Gasteiger partial charge >= 0.3 is 0 Å². The molecule has 0 saturated heterocycles. The van der Waals surface area contributed by atoms with Crippen LogP contribution in [0.2, 0.25) is 0 Å². The van der Waals surface area contributed by atoms with Crippen molar-refractivity contribution in [2.45, 2.75) is 33.7 Å². The van der Waals surface area contributed by atoms with Gasteiger partial charge in [0.2, 0.25) is 0 Å². The maximum absolute atomic E-state index is 4.43. The van der Waals surface area contributed by atoms with Crippen LogP contribution in [0.5, 0.6) is 0 Å². The number of aryl methyl sites for hydroxylation is 2. The van der Waals surface area contributed by atoms with Crippen LogP contribution in [0.4, 0.5) is 11.4 Å². The molecule has 0 aliphatic rings. The molecule has 0 unspecified atom stereocenters. The van der Waals surface area contributed by atoms with Gasteiger partial charge in [0.25, 0.3) is 0 Å². The molecular formula is C18H25N3. The zero-order valence-corrected chi connectivity index (χ0v) is 13.5. The van der Waals surface area contributed by atoms with Crippen molar-refractivity contribution in [3.05, 3.63) is 53.3 Å². The van der Waals surface area contributed by atoms with Crippen molar-refractivity contribution in [1.29, 1.82) is 0 Å². The van der Waals surface area contributed by atoms with Gasteiger partial charge in [0.1, 0.15) is 0 Å². The second kappa shape index (κ2) is 7.23. The van der Waals surface area contributed by atoms with E-state index in [-0.39, 0.29) is 0 Å². The lowest BCUT2D eigenvalue weighted by Crippen LogP contribution is -2.16. The van der Waals surface area contributed by atoms with Crippen molar-refractivity contribution >= 4 is 11.4 Å². The quantitative estimate of drug-likeness (QED) is 0.813. The van der Waals surface area contributed by atoms with Crippen molar-refractivity contribution in [2.24, 2.45) is 0 Å². The van der Waals surface area contributed by atoms with Crippen molar-refractivity contribution in [2.75, 3.05) is 18.5 Å². The van der Waals surface area contributed by atoms with Gasteiger partial charge in [0.05, 0.1) is 5.69 Å². The molecule has 21 heavy (non-hydrogen) atoms. The Kier molecular flexibility index (Phi) is 5.34. The molecule has 0 saturated carbocycles. The summed E-state index contributed by atoms with van der Waals surface area (Å²) in [5.41, 5.74) is 6.04. The van der Waals surface area contributed by atoms with Gasteiger partial charge in [-0.3, -0.25) is 4.98 Å². The lowest BCUT2D eigenvalue weighted by Gasteiger charge is -2.21. The SMILES string of the molecule is CCCNCc1cc(N(C)c2cc(C)cc(C)c2)ccn1. The molecule has 3 nitrogen and oxygen atoms in total. The molecule has 0 fully saturated rings. The summed E-state index contributed by atoms with van der Waals surface area (Å²) in [4.78, 5) is 6.65. The Morgan fingerprint density at radius 1 is 1.05 bits per heavy atom. The zero-order chi connectivity index (χ0) is 15.2. The van der Waals surface area contributed by atoms with Crippen LogP contribution in [0.25, 0.3) is 0 Å². The van der Waals surface area contributed by atoms with E-state index in [2.05, 4.69) is 73.4 Å². The van der Waals surface area contributed by atoms with E-state index < -0.39 is 0 Å². The number of nitrogens with zero attached hydrogens (tertiary/aromatic N) is 2. The van der Waals surface area contributed by atoms with Crippen LogP contribution in [0.15, 0.2) is 36.5 Å². The van der Waals surface area contributed by atoms with E-state index in [9.17, 15) is 0 Å². The summed E-state index contributed by atoms with van der Waals surface area (Å²) < 4.78 is 0. The van der Waals surface area contributed by atoms with Gasteiger partial charge in [-0.15, -0.1) is 0 Å². The lowest BCUT2D eigenvalue weighted by atomic mass is 10.1. The fraction of sp³-hybridized carbons (Fsp3) is 0.389. The summed E-state index contributed by atoms with van der Waals surface area (Å²) >= 11 is 0. The van der Waals surface area contributed by atoms with Crippen molar-refractivity contribution < 1.29 is 0 Å². The number of hydrogen-bond donors (Lipinski definition) is 1. The van der Waals surface area contributed by atoms with Crippen molar-refractivity contribution in [3.63, 3.8) is 0 Å². The number of pyridine rings is 1. The predicted molar refractivity (Wildman–Crippen MR) is 90.2 cm³/mol. The fourth-order valence-electron chi connectivity index (χ4n) is 2.46. The maximum Gasteiger partial charge on any atom is 0.0562 e. The molecule has 1 aromatic heterocycles. The molecule has 2 aromatic rings. The molecule has 3 heteroatoms. The third-order valence-electron chi connectivity index (χ3n) is 3.51. The van der Waals surface area contributed by atoms with Gasteiger partial charge in [-0.05, 0) is 62.2 Å². The number of aromatic nitrogens is 1. The minimum absolute atomic E-state index is 0.822. The predicted octanol–water partition coefficient (Wildman–Crippen LogP) is 3.97. The molecule has 0 spiro atoms. The Bertz CT molecular complexity index is 573. The molecule has 1 heterocycles. The minimum atomic E-state index is 0.822. The third kappa shape index (κ3) is 4.30. The normalized spacial score (nSPS) is 10.7. The number of anilines is 2. The van der Waals surface area contributed by atoms with Gasteiger partial charge in [0.15, 0.2) is 0 Å². The highest BCUT2D eigenvalue weighted by Gasteiger charge is 2.06. The van der Waals surface area contributed by atoms with E-state index in [0.29, 0.717) is 0 Å². The van der Waals surface area contributed by atoms with E-state index in [1.165, 1.54) is 22.5 Å². The second-order valence-electron chi connectivity index (χ2n) is 5.59. The first-order valence-corrected chi connectivity index (χ1v) is 7.58. The Labute approximate surface area is 128 Å². The first kappa shape index (κ1) is 15.5. The Hall–Kier alpha value is -1.87. The van der Waals surface area contributed by atoms with E-state index in [0.717, 1.165) is 25.2 Å². The average molecular weight is 283 g/mol. The Morgan fingerprint density at radius 3 is 2.43 bits per heavy atom. The molecular weight excluding hydrogens is 258 g/mol. The molecule has 0 aliphatic carbocycles. The first-order chi connectivity index (χ1) is 10.1. The number of nitrogens with one attached hydrogen (secondary N) is 1. The van der Waals surface area contributed by atoms with E-state index in [4.69, 9.17) is 0 Å². The van der Waals surface area contributed by atoms with Gasteiger partial charge in [-0.25, -0.2) is 0 Å². The first-order valence-electron chi connectivity index (χ1n) is 7.58. The summed E-state index contributed by atoms with van der Waals surface area (Å²) in [6.45, 7) is 8.29. The monoisotopic (exact) mass is 283 g/mol. The van der Waals surface area contributed by atoms with Crippen LogP contribution in [-0.2, 0) is 6.54 Å². The largest absolute Gasteiger partial charge is 0.345 e. The topological polar surface area (TPSA) is 28.2 Å². The summed E-state index contributed by atoms with van der Waals surface area (Å²) in [7, 11) is 2.10. The highest BCUT2D eigenvalue weighted by Crippen LogP contribution is 2.25. The smallest absolute Gasteiger partial charge is 0.0562 e. The number of benzene rings is 1. The Morgan fingerprint density at radius 2 is 1.76 bits per heavy atom. The molecule has 1 N–H and O–H groups in total. The molecule has 0 radical (unpaired) electrons. The molecule has 0 aliphatic heterocycles. The lowest BCUT2D eigenvalue weighted by molar-refractivity contribution is 0.664. The number of hydrogen-bond acceptors (Lipinski definition) is 3. The number of rotatable bonds is 6.